The molecule has 1 aromatic rings. The van der Waals surface area contributed by atoms with Crippen LogP contribution in [0.2, 0.25) is 0 Å². The maximum absolute atomic E-state index is 12.2. The van der Waals surface area contributed by atoms with Crippen LogP contribution in [0.5, 0.6) is 0 Å². The maximum atomic E-state index is 12.2. The van der Waals surface area contributed by atoms with E-state index in [1.165, 1.54) is 11.1 Å². The topological polar surface area (TPSA) is 41.1 Å². The highest BCUT2D eigenvalue weighted by Gasteiger charge is 2.22. The first-order chi connectivity index (χ1) is 9.06. The lowest BCUT2D eigenvalue weighted by Gasteiger charge is -2.30. The smallest absolute Gasteiger partial charge is 0.224 e. The number of carbonyl (C=O) groups excluding carboxylic acids is 1. The first-order valence-corrected chi connectivity index (χ1v) is 7.15. The summed E-state index contributed by atoms with van der Waals surface area (Å²) in [6.45, 7) is 7.33. The fraction of sp³-hybridized carbons (Fsp3) is 0.562. The molecule has 0 saturated carbocycles. The maximum Gasteiger partial charge on any atom is 0.224 e. The molecule has 1 saturated heterocycles. The number of benzene rings is 1. The van der Waals surface area contributed by atoms with Crippen molar-refractivity contribution in [2.24, 2.45) is 0 Å². The lowest BCUT2D eigenvalue weighted by atomic mass is 9.98. The number of piperidine rings is 1. The van der Waals surface area contributed by atoms with E-state index < -0.39 is 0 Å². The van der Waals surface area contributed by atoms with Crippen molar-refractivity contribution < 1.29 is 4.79 Å². The predicted molar refractivity (Wildman–Crippen MR) is 78.2 cm³/mol. The molecular formula is C16H24N2O. The SMILES string of the molecule is Cc1ccc(C)c(CC(=O)N[C@@H]2CCCN[C@@H]2C)c1. The third-order valence-electron chi connectivity index (χ3n) is 3.96. The van der Waals surface area contributed by atoms with Crippen molar-refractivity contribution in [1.29, 1.82) is 0 Å². The number of nitrogens with one attached hydrogen (secondary N) is 2. The minimum atomic E-state index is 0.134. The fourth-order valence-corrected chi connectivity index (χ4v) is 2.66. The Morgan fingerprint density at radius 1 is 1.42 bits per heavy atom. The second-order valence-electron chi connectivity index (χ2n) is 5.67. The van der Waals surface area contributed by atoms with E-state index in [4.69, 9.17) is 0 Å². The van der Waals surface area contributed by atoms with Crippen LogP contribution in [0.3, 0.4) is 0 Å². The van der Waals surface area contributed by atoms with Crippen LogP contribution in [0, 0.1) is 13.8 Å². The molecule has 0 spiro atoms. The molecule has 0 aromatic heterocycles. The molecule has 1 aliphatic rings. The lowest BCUT2D eigenvalue weighted by Crippen LogP contribution is -2.52. The summed E-state index contributed by atoms with van der Waals surface area (Å²) in [5, 5.41) is 6.57. The number of aryl methyl sites for hydroxylation is 2. The Kier molecular flexibility index (Phi) is 4.59. The average Bonchev–Trinajstić information content (AvgIpc) is 2.37. The van der Waals surface area contributed by atoms with E-state index in [-0.39, 0.29) is 11.9 Å². The molecule has 2 rings (SSSR count). The minimum absolute atomic E-state index is 0.134. The zero-order valence-corrected chi connectivity index (χ0v) is 12.1. The Bertz CT molecular complexity index is 456. The summed E-state index contributed by atoms with van der Waals surface area (Å²) in [6, 6.07) is 6.92. The van der Waals surface area contributed by atoms with Gasteiger partial charge in [-0.2, -0.15) is 0 Å². The van der Waals surface area contributed by atoms with Crippen LogP contribution in [-0.4, -0.2) is 24.5 Å². The highest BCUT2D eigenvalue weighted by molar-refractivity contribution is 5.79. The molecule has 3 nitrogen and oxygen atoms in total. The molecule has 1 fully saturated rings. The Balaban J connectivity index is 1.95. The number of rotatable bonds is 3. The van der Waals surface area contributed by atoms with Crippen LogP contribution in [0.4, 0.5) is 0 Å². The van der Waals surface area contributed by atoms with Gasteiger partial charge in [-0.1, -0.05) is 23.8 Å². The van der Waals surface area contributed by atoms with Crippen LogP contribution < -0.4 is 10.6 Å². The van der Waals surface area contributed by atoms with Gasteiger partial charge in [-0.3, -0.25) is 4.79 Å². The zero-order chi connectivity index (χ0) is 13.8. The van der Waals surface area contributed by atoms with Gasteiger partial charge >= 0.3 is 0 Å². The van der Waals surface area contributed by atoms with Crippen LogP contribution in [0.25, 0.3) is 0 Å². The number of amides is 1. The van der Waals surface area contributed by atoms with Crippen molar-refractivity contribution in [2.45, 2.75) is 52.1 Å². The van der Waals surface area contributed by atoms with Gasteiger partial charge in [0.1, 0.15) is 0 Å². The van der Waals surface area contributed by atoms with Crippen LogP contribution in [-0.2, 0) is 11.2 Å². The van der Waals surface area contributed by atoms with Gasteiger partial charge in [0.05, 0.1) is 6.42 Å². The molecule has 1 aromatic carbocycles. The van der Waals surface area contributed by atoms with Crippen molar-refractivity contribution in [3.8, 4) is 0 Å². The molecule has 3 heteroatoms. The standard InChI is InChI=1S/C16H24N2O/c1-11-6-7-12(2)14(9-11)10-16(19)18-15-5-4-8-17-13(15)3/h6-7,9,13,15,17H,4-5,8,10H2,1-3H3,(H,18,19)/t13-,15-/m1/s1. The van der Waals surface area contributed by atoms with Gasteiger partial charge in [-0.15, -0.1) is 0 Å². The monoisotopic (exact) mass is 260 g/mol. The molecule has 1 aliphatic heterocycles. The van der Waals surface area contributed by atoms with Gasteiger partial charge in [-0.05, 0) is 51.3 Å². The molecule has 104 valence electrons. The van der Waals surface area contributed by atoms with Crippen LogP contribution >= 0.6 is 0 Å². The summed E-state index contributed by atoms with van der Waals surface area (Å²) in [5.41, 5.74) is 3.53. The van der Waals surface area contributed by atoms with Gasteiger partial charge in [-0.25, -0.2) is 0 Å². The molecule has 2 N–H and O–H groups in total. The van der Waals surface area contributed by atoms with Crippen LogP contribution in [0.1, 0.15) is 36.5 Å². The second-order valence-corrected chi connectivity index (χ2v) is 5.67. The molecule has 0 radical (unpaired) electrons. The molecule has 19 heavy (non-hydrogen) atoms. The summed E-state index contributed by atoms with van der Waals surface area (Å²) in [7, 11) is 0. The first-order valence-electron chi connectivity index (χ1n) is 7.15. The Morgan fingerprint density at radius 3 is 2.95 bits per heavy atom. The molecule has 1 amide bonds. The van der Waals surface area contributed by atoms with E-state index >= 15 is 0 Å². The summed E-state index contributed by atoms with van der Waals surface area (Å²) in [5.74, 6) is 0.134. The third-order valence-corrected chi connectivity index (χ3v) is 3.96. The van der Waals surface area contributed by atoms with Crippen molar-refractivity contribution in [3.05, 3.63) is 34.9 Å². The first kappa shape index (κ1) is 14.1. The summed E-state index contributed by atoms with van der Waals surface area (Å²) >= 11 is 0. The van der Waals surface area contributed by atoms with E-state index in [0.29, 0.717) is 12.5 Å². The largest absolute Gasteiger partial charge is 0.352 e. The molecule has 1 heterocycles. The van der Waals surface area contributed by atoms with Crippen molar-refractivity contribution in [2.75, 3.05) is 6.54 Å². The molecule has 0 unspecified atom stereocenters. The molecule has 2 atom stereocenters. The summed E-state index contributed by atoms with van der Waals surface area (Å²) < 4.78 is 0. The van der Waals surface area contributed by atoms with E-state index in [1.54, 1.807) is 0 Å². The Labute approximate surface area is 115 Å². The van der Waals surface area contributed by atoms with Gasteiger partial charge in [0.2, 0.25) is 5.91 Å². The molecule has 0 bridgehead atoms. The fourth-order valence-electron chi connectivity index (χ4n) is 2.66. The van der Waals surface area contributed by atoms with E-state index in [9.17, 15) is 4.79 Å². The normalized spacial score (nSPS) is 23.1. The number of hydrogen-bond acceptors (Lipinski definition) is 2. The number of hydrogen-bond donors (Lipinski definition) is 2. The second kappa shape index (κ2) is 6.20. The van der Waals surface area contributed by atoms with Crippen molar-refractivity contribution in [1.82, 2.24) is 10.6 Å². The highest BCUT2D eigenvalue weighted by Crippen LogP contribution is 2.13. The highest BCUT2D eigenvalue weighted by atomic mass is 16.1. The average molecular weight is 260 g/mol. The van der Waals surface area contributed by atoms with Crippen molar-refractivity contribution >= 4 is 5.91 Å². The van der Waals surface area contributed by atoms with E-state index in [2.05, 4.69) is 49.6 Å². The Hall–Kier alpha value is -1.35. The molecular weight excluding hydrogens is 236 g/mol. The van der Waals surface area contributed by atoms with Crippen molar-refractivity contribution in [3.63, 3.8) is 0 Å². The minimum Gasteiger partial charge on any atom is -0.352 e. The van der Waals surface area contributed by atoms with Gasteiger partial charge in [0.15, 0.2) is 0 Å². The zero-order valence-electron chi connectivity index (χ0n) is 12.1. The van der Waals surface area contributed by atoms with E-state index in [1.807, 2.05) is 0 Å². The third kappa shape index (κ3) is 3.80. The van der Waals surface area contributed by atoms with Gasteiger partial charge < -0.3 is 10.6 Å². The summed E-state index contributed by atoms with van der Waals surface area (Å²) in [4.78, 5) is 12.2. The lowest BCUT2D eigenvalue weighted by molar-refractivity contribution is -0.121. The quantitative estimate of drug-likeness (QED) is 0.874. The van der Waals surface area contributed by atoms with Gasteiger partial charge in [0, 0.05) is 12.1 Å². The number of carbonyl (C=O) groups is 1. The predicted octanol–water partition coefficient (Wildman–Crippen LogP) is 2.10. The summed E-state index contributed by atoms with van der Waals surface area (Å²) in [6.07, 6.45) is 2.70. The Morgan fingerprint density at radius 2 is 2.21 bits per heavy atom. The van der Waals surface area contributed by atoms with E-state index in [0.717, 1.165) is 24.9 Å². The molecule has 0 aliphatic carbocycles. The van der Waals surface area contributed by atoms with Gasteiger partial charge in [0.25, 0.3) is 0 Å². The van der Waals surface area contributed by atoms with Crippen LogP contribution in [0.15, 0.2) is 18.2 Å².